The van der Waals surface area contributed by atoms with Crippen molar-refractivity contribution in [2.24, 2.45) is 5.41 Å². The lowest BCUT2D eigenvalue weighted by molar-refractivity contribution is -0.130. The Labute approximate surface area is 129 Å². The van der Waals surface area contributed by atoms with Crippen LogP contribution in [0, 0.1) is 5.41 Å². The number of ether oxygens (including phenoxy) is 1. The molecule has 0 aliphatic carbocycles. The fourth-order valence-corrected chi connectivity index (χ4v) is 3.47. The molecule has 22 heavy (non-hydrogen) atoms. The summed E-state index contributed by atoms with van der Waals surface area (Å²) in [6.07, 6.45) is 2.89. The molecule has 0 radical (unpaired) electrons. The quantitative estimate of drug-likeness (QED) is 0.923. The molecular weight excluding hydrogens is 282 g/mol. The Bertz CT molecular complexity index is 578. The highest BCUT2D eigenvalue weighted by Crippen LogP contribution is 2.38. The van der Waals surface area contributed by atoms with Crippen LogP contribution in [-0.2, 0) is 16.0 Å². The predicted octanol–water partition coefficient (Wildman–Crippen LogP) is 1.96. The van der Waals surface area contributed by atoms with Crippen molar-refractivity contribution < 1.29 is 19.4 Å². The topological polar surface area (TPSA) is 66.8 Å². The van der Waals surface area contributed by atoms with Crippen molar-refractivity contribution in [1.82, 2.24) is 4.90 Å². The van der Waals surface area contributed by atoms with Gasteiger partial charge in [-0.2, -0.15) is 0 Å². The van der Waals surface area contributed by atoms with E-state index in [2.05, 4.69) is 0 Å². The molecule has 2 aliphatic rings. The van der Waals surface area contributed by atoms with E-state index in [1.807, 2.05) is 11.0 Å². The number of amides is 1. The predicted molar refractivity (Wildman–Crippen MR) is 80.8 cm³/mol. The molecule has 118 valence electrons. The summed E-state index contributed by atoms with van der Waals surface area (Å²) in [6.45, 7) is 3.14. The third kappa shape index (κ3) is 2.99. The Balaban J connectivity index is 1.58. The standard InChI is InChI=1S/C17H21NO4/c19-15(18-9-7-17(11-18)8-10-22-12-17)6-5-13-3-1-2-4-14(13)16(20)21/h1-4H,5-12H2,(H,20,21). The van der Waals surface area contributed by atoms with Crippen molar-refractivity contribution in [3.05, 3.63) is 35.4 Å². The van der Waals surface area contributed by atoms with Gasteiger partial charge in [0.2, 0.25) is 5.91 Å². The first-order valence-corrected chi connectivity index (χ1v) is 7.76. The van der Waals surface area contributed by atoms with Gasteiger partial charge in [-0.1, -0.05) is 18.2 Å². The molecule has 1 amide bonds. The highest BCUT2D eigenvalue weighted by Gasteiger charge is 2.42. The molecule has 1 unspecified atom stereocenters. The number of carboxylic acids is 1. The van der Waals surface area contributed by atoms with Gasteiger partial charge in [-0.25, -0.2) is 4.79 Å². The molecule has 1 aromatic carbocycles. The summed E-state index contributed by atoms with van der Waals surface area (Å²) in [6, 6.07) is 6.89. The highest BCUT2D eigenvalue weighted by atomic mass is 16.5. The molecule has 5 nitrogen and oxygen atoms in total. The van der Waals surface area contributed by atoms with Crippen LogP contribution in [0.5, 0.6) is 0 Å². The molecule has 2 saturated heterocycles. The van der Waals surface area contributed by atoms with E-state index in [1.54, 1.807) is 18.2 Å². The zero-order valence-corrected chi connectivity index (χ0v) is 12.6. The van der Waals surface area contributed by atoms with Crippen LogP contribution in [0.15, 0.2) is 24.3 Å². The second kappa shape index (κ2) is 6.08. The number of hydrogen-bond donors (Lipinski definition) is 1. The zero-order chi connectivity index (χ0) is 15.6. The molecule has 2 aliphatic heterocycles. The van der Waals surface area contributed by atoms with Gasteiger partial charge in [0.1, 0.15) is 0 Å². The first-order valence-electron chi connectivity index (χ1n) is 7.76. The van der Waals surface area contributed by atoms with Crippen LogP contribution >= 0.6 is 0 Å². The van der Waals surface area contributed by atoms with E-state index in [0.717, 1.165) is 44.7 Å². The highest BCUT2D eigenvalue weighted by molar-refractivity contribution is 5.89. The average Bonchev–Trinajstić information content (AvgIpc) is 3.15. The maximum atomic E-state index is 12.4. The number of rotatable bonds is 4. The minimum Gasteiger partial charge on any atom is -0.478 e. The minimum atomic E-state index is -0.939. The van der Waals surface area contributed by atoms with Crippen molar-refractivity contribution in [3.63, 3.8) is 0 Å². The Morgan fingerprint density at radius 2 is 2.09 bits per heavy atom. The van der Waals surface area contributed by atoms with E-state index in [1.165, 1.54) is 0 Å². The van der Waals surface area contributed by atoms with E-state index in [-0.39, 0.29) is 16.9 Å². The zero-order valence-electron chi connectivity index (χ0n) is 12.6. The number of carboxylic acid groups (broad SMARTS) is 1. The smallest absolute Gasteiger partial charge is 0.335 e. The van der Waals surface area contributed by atoms with Gasteiger partial charge >= 0.3 is 5.97 Å². The molecule has 1 atom stereocenters. The third-order valence-corrected chi connectivity index (χ3v) is 4.83. The van der Waals surface area contributed by atoms with Crippen LogP contribution in [-0.4, -0.2) is 48.2 Å². The lowest BCUT2D eigenvalue weighted by Gasteiger charge is -2.22. The van der Waals surface area contributed by atoms with Gasteiger partial charge in [-0.05, 0) is 30.9 Å². The van der Waals surface area contributed by atoms with Gasteiger partial charge in [-0.15, -0.1) is 0 Å². The van der Waals surface area contributed by atoms with Crippen LogP contribution < -0.4 is 0 Å². The monoisotopic (exact) mass is 303 g/mol. The SMILES string of the molecule is O=C(O)c1ccccc1CCC(=O)N1CCC2(CCOC2)C1. The van der Waals surface area contributed by atoms with E-state index in [9.17, 15) is 14.7 Å². The summed E-state index contributed by atoms with van der Waals surface area (Å²) in [5, 5.41) is 9.17. The van der Waals surface area contributed by atoms with Crippen molar-refractivity contribution >= 4 is 11.9 Å². The Kier molecular flexibility index (Phi) is 4.16. The van der Waals surface area contributed by atoms with E-state index < -0.39 is 5.97 Å². The van der Waals surface area contributed by atoms with E-state index >= 15 is 0 Å². The van der Waals surface area contributed by atoms with Gasteiger partial charge in [0.25, 0.3) is 0 Å². The normalized spacial score (nSPS) is 24.1. The summed E-state index contributed by atoms with van der Waals surface area (Å²) in [4.78, 5) is 25.5. The molecule has 1 spiro atoms. The van der Waals surface area contributed by atoms with Gasteiger partial charge in [0.05, 0.1) is 12.2 Å². The number of benzene rings is 1. The van der Waals surface area contributed by atoms with Crippen molar-refractivity contribution in [2.75, 3.05) is 26.3 Å². The van der Waals surface area contributed by atoms with Crippen LogP contribution in [0.25, 0.3) is 0 Å². The summed E-state index contributed by atoms with van der Waals surface area (Å²) >= 11 is 0. The maximum Gasteiger partial charge on any atom is 0.335 e. The molecule has 5 heteroatoms. The minimum absolute atomic E-state index is 0.115. The number of nitrogens with zero attached hydrogens (tertiary/aromatic N) is 1. The van der Waals surface area contributed by atoms with Gasteiger partial charge in [0, 0.05) is 31.5 Å². The third-order valence-electron chi connectivity index (χ3n) is 4.83. The fraction of sp³-hybridized carbons (Fsp3) is 0.529. The Hall–Kier alpha value is -1.88. The number of carbonyl (C=O) groups excluding carboxylic acids is 1. The molecule has 2 heterocycles. The van der Waals surface area contributed by atoms with Gasteiger partial charge in [-0.3, -0.25) is 4.79 Å². The summed E-state index contributed by atoms with van der Waals surface area (Å²) < 4.78 is 5.48. The van der Waals surface area contributed by atoms with E-state index in [0.29, 0.717) is 12.8 Å². The second-order valence-electron chi connectivity index (χ2n) is 6.33. The first kappa shape index (κ1) is 15.0. The number of hydrogen-bond acceptors (Lipinski definition) is 3. The molecule has 0 saturated carbocycles. The summed E-state index contributed by atoms with van der Waals surface area (Å²) in [7, 11) is 0. The molecule has 1 N–H and O–H groups in total. The van der Waals surface area contributed by atoms with Crippen molar-refractivity contribution in [1.29, 1.82) is 0 Å². The maximum absolute atomic E-state index is 12.4. The van der Waals surface area contributed by atoms with Crippen LogP contribution in [0.3, 0.4) is 0 Å². The fourth-order valence-electron chi connectivity index (χ4n) is 3.47. The van der Waals surface area contributed by atoms with Crippen molar-refractivity contribution in [3.8, 4) is 0 Å². The molecule has 1 aromatic rings. The molecule has 0 aromatic heterocycles. The summed E-state index contributed by atoms with van der Waals surface area (Å²) in [5.41, 5.74) is 1.19. The number of aryl methyl sites for hydroxylation is 1. The van der Waals surface area contributed by atoms with Crippen LogP contribution in [0.2, 0.25) is 0 Å². The van der Waals surface area contributed by atoms with Gasteiger partial charge in [0.15, 0.2) is 0 Å². The molecule has 0 bridgehead atoms. The second-order valence-corrected chi connectivity index (χ2v) is 6.33. The van der Waals surface area contributed by atoms with Crippen LogP contribution in [0.4, 0.5) is 0 Å². The lowest BCUT2D eigenvalue weighted by atomic mass is 9.87. The Morgan fingerprint density at radius 1 is 1.27 bits per heavy atom. The molecular formula is C17H21NO4. The largest absolute Gasteiger partial charge is 0.478 e. The van der Waals surface area contributed by atoms with Crippen molar-refractivity contribution in [2.45, 2.75) is 25.7 Å². The van der Waals surface area contributed by atoms with Gasteiger partial charge < -0.3 is 14.7 Å². The van der Waals surface area contributed by atoms with E-state index in [4.69, 9.17) is 4.74 Å². The lowest BCUT2D eigenvalue weighted by Crippen LogP contribution is -2.32. The number of aromatic carboxylic acids is 1. The molecule has 3 rings (SSSR count). The number of carbonyl (C=O) groups is 2. The van der Waals surface area contributed by atoms with Crippen LogP contribution in [0.1, 0.15) is 35.2 Å². The first-order chi connectivity index (χ1) is 10.6. The molecule has 2 fully saturated rings. The summed E-state index contributed by atoms with van der Waals surface area (Å²) in [5.74, 6) is -0.824. The Morgan fingerprint density at radius 3 is 2.82 bits per heavy atom. The number of likely N-dealkylation sites (tertiary alicyclic amines) is 1. The average molecular weight is 303 g/mol.